The van der Waals surface area contributed by atoms with E-state index in [1.165, 1.54) is 0 Å². The van der Waals surface area contributed by atoms with E-state index in [2.05, 4.69) is 10.2 Å². The molecule has 0 aliphatic carbocycles. The van der Waals surface area contributed by atoms with Crippen molar-refractivity contribution in [3.8, 4) is 22.8 Å². The maximum atomic E-state index is 10.9. The Bertz CT molecular complexity index is 832. The van der Waals surface area contributed by atoms with E-state index < -0.39 is 5.97 Å². The largest absolute Gasteiger partial charge is 0.497 e. The van der Waals surface area contributed by atoms with Crippen molar-refractivity contribution in [2.75, 3.05) is 12.9 Å². The number of methoxy groups -OCH3 is 1. The van der Waals surface area contributed by atoms with Crippen LogP contribution in [-0.2, 0) is 4.79 Å². The molecule has 3 aromatic rings. The highest BCUT2D eigenvalue weighted by Crippen LogP contribution is 2.28. The molecule has 0 saturated heterocycles. The molecule has 0 radical (unpaired) electrons. The minimum Gasteiger partial charge on any atom is -0.497 e. The number of hydrogen-bond acceptors (Lipinski definition) is 5. The van der Waals surface area contributed by atoms with Crippen LogP contribution >= 0.6 is 11.8 Å². The minimum absolute atomic E-state index is 0.0803. The van der Waals surface area contributed by atoms with Crippen LogP contribution < -0.4 is 4.74 Å². The highest BCUT2D eigenvalue weighted by molar-refractivity contribution is 7.99. The van der Waals surface area contributed by atoms with E-state index in [4.69, 9.17) is 9.84 Å². The van der Waals surface area contributed by atoms with Crippen LogP contribution in [0.5, 0.6) is 5.75 Å². The quantitative estimate of drug-likeness (QED) is 0.694. The molecule has 1 N–H and O–H groups in total. The van der Waals surface area contributed by atoms with Gasteiger partial charge < -0.3 is 9.84 Å². The fourth-order valence-electron chi connectivity index (χ4n) is 2.23. The van der Waals surface area contributed by atoms with Crippen LogP contribution in [0.3, 0.4) is 0 Å². The van der Waals surface area contributed by atoms with Gasteiger partial charge in [-0.05, 0) is 24.3 Å². The molecule has 0 amide bonds. The first kappa shape index (κ1) is 16.1. The number of rotatable bonds is 6. The minimum atomic E-state index is -0.898. The zero-order chi connectivity index (χ0) is 16.9. The molecule has 1 aromatic heterocycles. The molecule has 1 heterocycles. The lowest BCUT2D eigenvalue weighted by atomic mass is 10.2. The molecule has 0 unspecified atom stereocenters. The molecular formula is C17H15N3O3S. The molecule has 0 aliphatic heterocycles. The van der Waals surface area contributed by atoms with Gasteiger partial charge in [0.25, 0.3) is 0 Å². The summed E-state index contributed by atoms with van der Waals surface area (Å²) < 4.78 is 7.04. The molecule has 0 spiro atoms. The molecule has 24 heavy (non-hydrogen) atoms. The predicted molar refractivity (Wildman–Crippen MR) is 91.7 cm³/mol. The van der Waals surface area contributed by atoms with Gasteiger partial charge in [-0.1, -0.05) is 42.1 Å². The highest BCUT2D eigenvalue weighted by Gasteiger charge is 2.17. The monoisotopic (exact) mass is 341 g/mol. The maximum Gasteiger partial charge on any atom is 0.313 e. The Hall–Kier alpha value is -2.80. The average Bonchev–Trinajstić information content (AvgIpc) is 3.04. The van der Waals surface area contributed by atoms with Crippen LogP contribution in [-0.4, -0.2) is 38.7 Å². The zero-order valence-corrected chi connectivity index (χ0v) is 13.7. The molecule has 7 heteroatoms. The van der Waals surface area contributed by atoms with Crippen molar-refractivity contribution in [2.45, 2.75) is 5.16 Å². The van der Waals surface area contributed by atoms with Gasteiger partial charge in [0.2, 0.25) is 0 Å². The van der Waals surface area contributed by atoms with E-state index in [-0.39, 0.29) is 5.75 Å². The number of aliphatic carboxylic acids is 1. The zero-order valence-electron chi connectivity index (χ0n) is 12.9. The Morgan fingerprint density at radius 3 is 2.46 bits per heavy atom. The normalized spacial score (nSPS) is 10.5. The summed E-state index contributed by atoms with van der Waals surface area (Å²) in [6.45, 7) is 0. The van der Waals surface area contributed by atoms with Gasteiger partial charge in [-0.2, -0.15) is 0 Å². The van der Waals surface area contributed by atoms with Crippen LogP contribution in [0.2, 0.25) is 0 Å². The fourth-order valence-corrected chi connectivity index (χ4v) is 2.90. The van der Waals surface area contributed by atoms with Crippen molar-refractivity contribution in [3.63, 3.8) is 0 Å². The maximum absolute atomic E-state index is 10.9. The predicted octanol–water partition coefficient (Wildman–Crippen LogP) is 3.12. The molecule has 0 bridgehead atoms. The third-order valence-electron chi connectivity index (χ3n) is 3.32. The Morgan fingerprint density at radius 2 is 1.83 bits per heavy atom. The first-order valence-electron chi connectivity index (χ1n) is 7.19. The van der Waals surface area contributed by atoms with E-state index in [1.54, 1.807) is 7.11 Å². The van der Waals surface area contributed by atoms with Gasteiger partial charge in [-0.15, -0.1) is 10.2 Å². The third-order valence-corrected chi connectivity index (χ3v) is 4.23. The Labute approximate surface area is 143 Å². The number of benzene rings is 2. The first-order chi connectivity index (χ1) is 11.7. The van der Waals surface area contributed by atoms with Gasteiger partial charge >= 0.3 is 5.97 Å². The molecule has 6 nitrogen and oxygen atoms in total. The van der Waals surface area contributed by atoms with Crippen LogP contribution in [0.4, 0.5) is 0 Å². The topological polar surface area (TPSA) is 77.2 Å². The molecule has 122 valence electrons. The summed E-state index contributed by atoms with van der Waals surface area (Å²) in [5.74, 6) is 0.426. The van der Waals surface area contributed by atoms with Crippen molar-refractivity contribution >= 4 is 17.7 Å². The SMILES string of the molecule is COc1ccc(-n2c(SCC(=O)O)nnc2-c2ccccc2)cc1. The van der Waals surface area contributed by atoms with Crippen molar-refractivity contribution in [2.24, 2.45) is 0 Å². The Morgan fingerprint density at radius 1 is 1.12 bits per heavy atom. The highest BCUT2D eigenvalue weighted by atomic mass is 32.2. The lowest BCUT2D eigenvalue weighted by Crippen LogP contribution is -2.03. The van der Waals surface area contributed by atoms with E-state index in [1.807, 2.05) is 59.2 Å². The number of aromatic nitrogens is 3. The number of nitrogens with zero attached hydrogens (tertiary/aromatic N) is 3. The van der Waals surface area contributed by atoms with Crippen molar-refractivity contribution < 1.29 is 14.6 Å². The van der Waals surface area contributed by atoms with Gasteiger partial charge in [0.15, 0.2) is 11.0 Å². The van der Waals surface area contributed by atoms with Crippen molar-refractivity contribution in [1.82, 2.24) is 14.8 Å². The summed E-state index contributed by atoms with van der Waals surface area (Å²) in [5.41, 5.74) is 1.75. The summed E-state index contributed by atoms with van der Waals surface area (Å²) in [6.07, 6.45) is 0. The van der Waals surface area contributed by atoms with Crippen LogP contribution in [0.1, 0.15) is 0 Å². The number of carboxylic acids is 1. The lowest BCUT2D eigenvalue weighted by Gasteiger charge is -2.10. The molecule has 3 rings (SSSR count). The molecule has 0 atom stereocenters. The summed E-state index contributed by atoms with van der Waals surface area (Å²) in [7, 11) is 1.61. The van der Waals surface area contributed by atoms with Crippen LogP contribution in [0.25, 0.3) is 17.1 Å². The van der Waals surface area contributed by atoms with Gasteiger partial charge in [0.1, 0.15) is 5.75 Å². The van der Waals surface area contributed by atoms with Gasteiger partial charge in [-0.3, -0.25) is 9.36 Å². The third kappa shape index (κ3) is 3.41. The van der Waals surface area contributed by atoms with Crippen molar-refractivity contribution in [1.29, 1.82) is 0 Å². The lowest BCUT2D eigenvalue weighted by molar-refractivity contribution is -0.133. The first-order valence-corrected chi connectivity index (χ1v) is 8.17. The summed E-state index contributed by atoms with van der Waals surface area (Å²) in [4.78, 5) is 10.9. The van der Waals surface area contributed by atoms with E-state index in [0.717, 1.165) is 28.8 Å². The van der Waals surface area contributed by atoms with Gasteiger partial charge in [-0.25, -0.2) is 0 Å². The van der Waals surface area contributed by atoms with Gasteiger partial charge in [0, 0.05) is 11.3 Å². The molecule has 0 fully saturated rings. The Balaban J connectivity index is 2.08. The van der Waals surface area contributed by atoms with Gasteiger partial charge in [0.05, 0.1) is 12.9 Å². The van der Waals surface area contributed by atoms with Crippen molar-refractivity contribution in [3.05, 3.63) is 54.6 Å². The summed E-state index contributed by atoms with van der Waals surface area (Å²) in [6, 6.07) is 17.1. The average molecular weight is 341 g/mol. The van der Waals surface area contributed by atoms with Crippen LogP contribution in [0.15, 0.2) is 59.8 Å². The summed E-state index contributed by atoms with van der Waals surface area (Å²) in [5, 5.41) is 17.9. The fraction of sp³-hybridized carbons (Fsp3) is 0.118. The number of carboxylic acid groups (broad SMARTS) is 1. The smallest absolute Gasteiger partial charge is 0.313 e. The molecule has 0 aliphatic rings. The second-order valence-electron chi connectivity index (χ2n) is 4.89. The standard InChI is InChI=1S/C17H15N3O3S/c1-23-14-9-7-13(8-10-14)20-16(12-5-3-2-4-6-12)18-19-17(20)24-11-15(21)22/h2-10H,11H2,1H3,(H,21,22). The van der Waals surface area contributed by atoms with E-state index in [0.29, 0.717) is 11.0 Å². The van der Waals surface area contributed by atoms with E-state index >= 15 is 0 Å². The number of thioether (sulfide) groups is 1. The number of ether oxygens (including phenoxy) is 1. The second-order valence-corrected chi connectivity index (χ2v) is 5.83. The molecule has 0 saturated carbocycles. The summed E-state index contributed by atoms with van der Waals surface area (Å²) >= 11 is 1.13. The number of hydrogen-bond donors (Lipinski definition) is 1. The Kier molecular flexibility index (Phi) is 4.81. The van der Waals surface area contributed by atoms with E-state index in [9.17, 15) is 4.79 Å². The molecular weight excluding hydrogens is 326 g/mol. The van der Waals surface area contributed by atoms with Crippen LogP contribution in [0, 0.1) is 0 Å². The number of carbonyl (C=O) groups is 1. The molecule has 2 aromatic carbocycles. The second kappa shape index (κ2) is 7.18.